The van der Waals surface area contributed by atoms with Gasteiger partial charge < -0.3 is 10.2 Å². The van der Waals surface area contributed by atoms with Crippen molar-refractivity contribution in [3.63, 3.8) is 0 Å². The van der Waals surface area contributed by atoms with Gasteiger partial charge in [-0.15, -0.1) is 0 Å². The van der Waals surface area contributed by atoms with E-state index in [0.717, 1.165) is 43.1 Å². The first kappa shape index (κ1) is 17.6. The van der Waals surface area contributed by atoms with E-state index in [1.807, 2.05) is 48.3 Å². The fraction of sp³-hybridized carbons (Fsp3) is 0.364. The van der Waals surface area contributed by atoms with Crippen LogP contribution in [0.4, 0.5) is 17.1 Å². The predicted molar refractivity (Wildman–Crippen MR) is 112 cm³/mol. The van der Waals surface area contributed by atoms with Crippen LogP contribution in [0.25, 0.3) is 0 Å². The number of hydrogen-bond acceptors (Lipinski definition) is 4. The Morgan fingerprint density at radius 3 is 2.19 bits per heavy atom. The van der Waals surface area contributed by atoms with Gasteiger partial charge in [-0.25, -0.2) is 0 Å². The maximum atomic E-state index is 12.5. The molecular weight excluding hydrogens is 336 g/mol. The lowest BCUT2D eigenvalue weighted by Gasteiger charge is -2.28. The fourth-order valence-corrected chi connectivity index (χ4v) is 3.66. The molecule has 5 nitrogen and oxygen atoms in total. The topological polar surface area (TPSA) is 47.9 Å². The Morgan fingerprint density at radius 1 is 0.889 bits per heavy atom. The van der Waals surface area contributed by atoms with Crippen LogP contribution in [0.2, 0.25) is 0 Å². The number of piperidine rings is 1. The smallest absolute Gasteiger partial charge is 0.255 e. The normalized spacial score (nSPS) is 17.0. The third-order valence-electron chi connectivity index (χ3n) is 5.25. The first-order chi connectivity index (χ1) is 13.2. The first-order valence-electron chi connectivity index (χ1n) is 9.77. The highest BCUT2D eigenvalue weighted by molar-refractivity contribution is 6.04. The van der Waals surface area contributed by atoms with Crippen molar-refractivity contribution < 1.29 is 4.79 Å². The van der Waals surface area contributed by atoms with Gasteiger partial charge in [0.25, 0.3) is 5.91 Å². The number of carbonyl (C=O) groups is 1. The minimum Gasteiger partial charge on any atom is -0.372 e. The van der Waals surface area contributed by atoms with Gasteiger partial charge in [0.05, 0.1) is 5.69 Å². The zero-order valence-electron chi connectivity index (χ0n) is 15.8. The van der Waals surface area contributed by atoms with Crippen LogP contribution < -0.4 is 15.2 Å². The van der Waals surface area contributed by atoms with Crippen LogP contribution in [0.3, 0.4) is 0 Å². The summed E-state index contributed by atoms with van der Waals surface area (Å²) in [6.45, 7) is 5.19. The van der Waals surface area contributed by atoms with Crippen LogP contribution in [0, 0.1) is 0 Å². The molecule has 2 aromatic carbocycles. The van der Waals surface area contributed by atoms with E-state index < -0.39 is 0 Å². The molecule has 27 heavy (non-hydrogen) atoms. The molecule has 1 saturated heterocycles. The van der Waals surface area contributed by atoms with Gasteiger partial charge in [-0.1, -0.05) is 0 Å². The van der Waals surface area contributed by atoms with Crippen molar-refractivity contribution in [3.05, 3.63) is 54.1 Å². The van der Waals surface area contributed by atoms with Gasteiger partial charge in [-0.2, -0.15) is 5.10 Å². The van der Waals surface area contributed by atoms with Crippen LogP contribution in [0.1, 0.15) is 43.0 Å². The van der Waals surface area contributed by atoms with Crippen molar-refractivity contribution in [3.8, 4) is 0 Å². The highest BCUT2D eigenvalue weighted by Gasteiger charge is 2.14. The number of carbonyl (C=O) groups excluding carboxylic acids is 1. The highest BCUT2D eigenvalue weighted by Crippen LogP contribution is 2.23. The minimum absolute atomic E-state index is 0.0895. The van der Waals surface area contributed by atoms with E-state index >= 15 is 0 Å². The zero-order chi connectivity index (χ0) is 18.6. The third-order valence-corrected chi connectivity index (χ3v) is 5.25. The largest absolute Gasteiger partial charge is 0.372 e. The van der Waals surface area contributed by atoms with Gasteiger partial charge >= 0.3 is 0 Å². The van der Waals surface area contributed by atoms with Gasteiger partial charge in [0.2, 0.25) is 0 Å². The SMILES string of the molecule is CC1=NN(c2ccc(C(=O)Nc3ccc(N4CCCCC4)cc3)cc2)CC1. The Hall–Kier alpha value is -2.82. The van der Waals surface area contributed by atoms with Crippen molar-refractivity contribution in [1.29, 1.82) is 0 Å². The summed E-state index contributed by atoms with van der Waals surface area (Å²) in [5, 5.41) is 9.46. The van der Waals surface area contributed by atoms with Crippen LogP contribution in [-0.4, -0.2) is 31.3 Å². The van der Waals surface area contributed by atoms with Crippen LogP contribution >= 0.6 is 0 Å². The van der Waals surface area contributed by atoms with Gasteiger partial charge in [0.1, 0.15) is 0 Å². The number of nitrogens with one attached hydrogen (secondary N) is 1. The van der Waals surface area contributed by atoms with E-state index in [1.54, 1.807) is 0 Å². The predicted octanol–water partition coefficient (Wildman–Crippen LogP) is 4.52. The number of hydrazone groups is 1. The second-order valence-corrected chi connectivity index (χ2v) is 7.30. The monoisotopic (exact) mass is 362 g/mol. The summed E-state index contributed by atoms with van der Waals surface area (Å²) >= 11 is 0. The van der Waals surface area contributed by atoms with Gasteiger partial charge in [-0.3, -0.25) is 9.80 Å². The summed E-state index contributed by atoms with van der Waals surface area (Å²) in [6, 6.07) is 15.8. The Kier molecular flexibility index (Phi) is 5.10. The quantitative estimate of drug-likeness (QED) is 0.870. The molecule has 0 atom stereocenters. The van der Waals surface area contributed by atoms with Crippen molar-refractivity contribution in [2.75, 3.05) is 34.9 Å². The summed E-state index contributed by atoms with van der Waals surface area (Å²) in [7, 11) is 0. The van der Waals surface area contributed by atoms with E-state index in [0.29, 0.717) is 5.56 Å². The summed E-state index contributed by atoms with van der Waals surface area (Å²) in [5.74, 6) is -0.0895. The molecule has 5 heteroatoms. The maximum Gasteiger partial charge on any atom is 0.255 e. The van der Waals surface area contributed by atoms with Crippen LogP contribution in [0.15, 0.2) is 53.6 Å². The molecule has 0 saturated carbocycles. The van der Waals surface area contributed by atoms with Gasteiger partial charge in [0, 0.05) is 48.7 Å². The Balaban J connectivity index is 1.38. The van der Waals surface area contributed by atoms with Crippen LogP contribution in [0.5, 0.6) is 0 Å². The molecule has 1 fully saturated rings. The number of hydrogen-bond donors (Lipinski definition) is 1. The Morgan fingerprint density at radius 2 is 1.56 bits per heavy atom. The molecule has 0 aliphatic carbocycles. The Labute approximate surface area is 160 Å². The van der Waals surface area contributed by atoms with E-state index in [1.165, 1.54) is 24.9 Å². The lowest BCUT2D eigenvalue weighted by Crippen LogP contribution is -2.29. The molecule has 2 aliphatic heterocycles. The molecule has 0 spiro atoms. The molecule has 0 bridgehead atoms. The molecule has 140 valence electrons. The number of rotatable bonds is 4. The molecule has 2 heterocycles. The highest BCUT2D eigenvalue weighted by atomic mass is 16.1. The average molecular weight is 362 g/mol. The molecular formula is C22H26N4O. The fourth-order valence-electron chi connectivity index (χ4n) is 3.66. The molecule has 0 aromatic heterocycles. The van der Waals surface area contributed by atoms with Crippen LogP contribution in [-0.2, 0) is 0 Å². The summed E-state index contributed by atoms with van der Waals surface area (Å²) in [6.07, 6.45) is 4.84. The number of nitrogens with zero attached hydrogens (tertiary/aromatic N) is 3. The van der Waals surface area contributed by atoms with E-state index in [9.17, 15) is 4.79 Å². The van der Waals surface area contributed by atoms with Crippen molar-refractivity contribution in [1.82, 2.24) is 0 Å². The van der Waals surface area contributed by atoms with E-state index in [2.05, 4.69) is 27.5 Å². The third kappa shape index (κ3) is 4.13. The lowest BCUT2D eigenvalue weighted by molar-refractivity contribution is 0.102. The lowest BCUT2D eigenvalue weighted by atomic mass is 10.1. The summed E-state index contributed by atoms with van der Waals surface area (Å²) in [4.78, 5) is 14.9. The molecule has 1 amide bonds. The molecule has 0 unspecified atom stereocenters. The molecule has 4 rings (SSSR count). The molecule has 2 aromatic rings. The Bertz CT molecular complexity index is 820. The molecule has 0 radical (unpaired) electrons. The van der Waals surface area contributed by atoms with E-state index in [-0.39, 0.29) is 5.91 Å². The molecule has 2 aliphatic rings. The summed E-state index contributed by atoms with van der Waals surface area (Å²) in [5.41, 5.74) is 4.88. The number of amides is 1. The number of benzene rings is 2. The standard InChI is InChI=1S/C22H26N4O/c1-17-13-16-26(24-17)21-9-5-18(6-10-21)22(27)23-19-7-11-20(12-8-19)25-14-3-2-4-15-25/h5-12H,2-4,13-16H2,1H3,(H,23,27). The van der Waals surface area contributed by atoms with Gasteiger partial charge in [0.15, 0.2) is 0 Å². The van der Waals surface area contributed by atoms with E-state index in [4.69, 9.17) is 0 Å². The average Bonchev–Trinajstić information content (AvgIpc) is 3.16. The first-order valence-corrected chi connectivity index (χ1v) is 9.77. The van der Waals surface area contributed by atoms with Crippen molar-refractivity contribution >= 4 is 28.7 Å². The second-order valence-electron chi connectivity index (χ2n) is 7.30. The van der Waals surface area contributed by atoms with Crippen molar-refractivity contribution in [2.45, 2.75) is 32.6 Å². The maximum absolute atomic E-state index is 12.5. The zero-order valence-corrected chi connectivity index (χ0v) is 15.8. The number of anilines is 3. The van der Waals surface area contributed by atoms with Gasteiger partial charge in [-0.05, 0) is 74.7 Å². The van der Waals surface area contributed by atoms with Crippen molar-refractivity contribution in [2.24, 2.45) is 5.10 Å². The second kappa shape index (κ2) is 7.82. The minimum atomic E-state index is -0.0895. The summed E-state index contributed by atoms with van der Waals surface area (Å²) < 4.78 is 0. The molecule has 1 N–H and O–H groups in total.